The van der Waals surface area contributed by atoms with Crippen LogP contribution in [0, 0.1) is 0 Å². The van der Waals surface area contributed by atoms with Crippen molar-refractivity contribution < 1.29 is 0 Å². The minimum atomic E-state index is 0.0592. The lowest BCUT2D eigenvalue weighted by Crippen LogP contribution is -2.14. The Morgan fingerprint density at radius 3 is 1.92 bits per heavy atom. The SMILES string of the molecule is CC1(C)c2ccccc2-c2cc3c(cc21)-c1cccc2cccc-3c12. The zero-order valence-electron chi connectivity index (χ0n) is 14.4. The van der Waals surface area contributed by atoms with Crippen LogP contribution in [0.15, 0.2) is 72.8 Å². The van der Waals surface area contributed by atoms with Crippen LogP contribution >= 0.6 is 0 Å². The highest BCUT2D eigenvalue weighted by molar-refractivity contribution is 6.16. The largest absolute Gasteiger partial charge is 0.0619 e. The molecule has 0 heterocycles. The van der Waals surface area contributed by atoms with Crippen molar-refractivity contribution in [2.24, 2.45) is 0 Å². The molecule has 0 aromatic heterocycles. The first-order valence-electron chi connectivity index (χ1n) is 8.97. The summed E-state index contributed by atoms with van der Waals surface area (Å²) in [6.45, 7) is 4.71. The molecule has 0 saturated heterocycles. The summed E-state index contributed by atoms with van der Waals surface area (Å²) >= 11 is 0. The minimum absolute atomic E-state index is 0.0592. The Hall–Kier alpha value is -2.86. The highest BCUT2D eigenvalue weighted by Crippen LogP contribution is 2.55. The molecule has 0 saturated carbocycles. The molecule has 0 radical (unpaired) electrons. The molecule has 0 heteroatoms. The lowest BCUT2D eigenvalue weighted by atomic mass is 9.81. The molecule has 0 aliphatic heterocycles. The number of hydrogen-bond acceptors (Lipinski definition) is 0. The second-order valence-electron chi connectivity index (χ2n) is 7.82. The van der Waals surface area contributed by atoms with Gasteiger partial charge in [-0.3, -0.25) is 0 Å². The highest BCUT2D eigenvalue weighted by atomic mass is 14.4. The van der Waals surface area contributed by atoms with Crippen molar-refractivity contribution in [1.29, 1.82) is 0 Å². The van der Waals surface area contributed by atoms with Crippen molar-refractivity contribution in [1.82, 2.24) is 0 Å². The summed E-state index contributed by atoms with van der Waals surface area (Å²) in [5.74, 6) is 0. The van der Waals surface area contributed by atoms with Crippen LogP contribution in [0.5, 0.6) is 0 Å². The monoisotopic (exact) mass is 318 g/mol. The van der Waals surface area contributed by atoms with Gasteiger partial charge in [0.1, 0.15) is 0 Å². The number of benzene rings is 4. The van der Waals surface area contributed by atoms with E-state index in [-0.39, 0.29) is 5.41 Å². The molecule has 4 aromatic rings. The summed E-state index contributed by atoms with van der Waals surface area (Å²) in [5, 5.41) is 2.75. The normalized spacial score (nSPS) is 15.1. The van der Waals surface area contributed by atoms with Gasteiger partial charge in [0.2, 0.25) is 0 Å². The van der Waals surface area contributed by atoms with Crippen LogP contribution in [0.3, 0.4) is 0 Å². The van der Waals surface area contributed by atoms with E-state index in [1.807, 2.05) is 0 Å². The molecule has 2 aliphatic rings. The van der Waals surface area contributed by atoms with Gasteiger partial charge in [0.05, 0.1) is 0 Å². The van der Waals surface area contributed by atoms with E-state index in [0.29, 0.717) is 0 Å². The maximum Gasteiger partial charge on any atom is 0.0159 e. The molecule has 2 aliphatic carbocycles. The van der Waals surface area contributed by atoms with Crippen LogP contribution in [-0.4, -0.2) is 0 Å². The van der Waals surface area contributed by atoms with Gasteiger partial charge in [0.15, 0.2) is 0 Å². The Kier molecular flexibility index (Phi) is 2.26. The van der Waals surface area contributed by atoms with Crippen LogP contribution in [0.25, 0.3) is 44.2 Å². The summed E-state index contributed by atoms with van der Waals surface area (Å²) in [6, 6.07) is 27.1. The predicted molar refractivity (Wildman–Crippen MR) is 106 cm³/mol. The quantitative estimate of drug-likeness (QED) is 0.295. The smallest absolute Gasteiger partial charge is 0.0159 e. The second kappa shape index (κ2) is 4.21. The minimum Gasteiger partial charge on any atom is -0.0619 e. The van der Waals surface area contributed by atoms with Gasteiger partial charge in [-0.15, -0.1) is 0 Å². The van der Waals surface area contributed by atoms with Crippen molar-refractivity contribution in [2.45, 2.75) is 19.3 Å². The number of fused-ring (bicyclic) bond motifs is 6. The van der Waals surface area contributed by atoms with E-state index in [4.69, 9.17) is 0 Å². The lowest BCUT2D eigenvalue weighted by molar-refractivity contribution is 0.660. The Balaban J connectivity index is 1.76. The number of rotatable bonds is 0. The van der Waals surface area contributed by atoms with Crippen molar-refractivity contribution in [3.8, 4) is 33.4 Å². The van der Waals surface area contributed by atoms with Crippen molar-refractivity contribution in [2.75, 3.05) is 0 Å². The predicted octanol–water partition coefficient (Wildman–Crippen LogP) is 6.79. The van der Waals surface area contributed by atoms with Gasteiger partial charge >= 0.3 is 0 Å². The van der Waals surface area contributed by atoms with E-state index in [1.54, 1.807) is 0 Å². The first-order chi connectivity index (χ1) is 12.2. The zero-order valence-corrected chi connectivity index (χ0v) is 14.4. The number of hydrogen-bond donors (Lipinski definition) is 0. The summed E-state index contributed by atoms with van der Waals surface area (Å²) in [4.78, 5) is 0. The third-order valence-electron chi connectivity index (χ3n) is 6.21. The summed E-state index contributed by atoms with van der Waals surface area (Å²) in [6.07, 6.45) is 0. The highest BCUT2D eigenvalue weighted by Gasteiger charge is 2.37. The van der Waals surface area contributed by atoms with E-state index < -0.39 is 0 Å². The molecule has 4 aromatic carbocycles. The Morgan fingerprint density at radius 2 is 1.16 bits per heavy atom. The van der Waals surface area contributed by atoms with Gasteiger partial charge < -0.3 is 0 Å². The van der Waals surface area contributed by atoms with E-state index >= 15 is 0 Å². The third kappa shape index (κ3) is 1.49. The molecule has 0 nitrogen and oxygen atoms in total. The van der Waals surface area contributed by atoms with Gasteiger partial charge in [-0.2, -0.15) is 0 Å². The summed E-state index contributed by atoms with van der Waals surface area (Å²) in [5.41, 5.74) is 11.3. The molecule has 118 valence electrons. The standard InChI is InChI=1S/C25H18/c1-25(2)22-12-4-3-9-16(22)21-13-19-17-10-5-7-15-8-6-11-18(24(15)17)20(19)14-23(21)25/h3-14H,1-2H3. The lowest BCUT2D eigenvalue weighted by Gasteiger charge is -2.22. The van der Waals surface area contributed by atoms with Gasteiger partial charge in [-0.25, -0.2) is 0 Å². The van der Waals surface area contributed by atoms with E-state index in [0.717, 1.165) is 0 Å². The van der Waals surface area contributed by atoms with Gasteiger partial charge in [-0.05, 0) is 67.4 Å². The van der Waals surface area contributed by atoms with Crippen LogP contribution in [0.1, 0.15) is 25.0 Å². The van der Waals surface area contributed by atoms with E-state index in [2.05, 4.69) is 86.6 Å². The Labute approximate surface area is 147 Å². The van der Waals surface area contributed by atoms with Crippen LogP contribution in [0.2, 0.25) is 0 Å². The molecular weight excluding hydrogens is 300 g/mol. The van der Waals surface area contributed by atoms with Gasteiger partial charge in [0, 0.05) is 5.41 Å². The van der Waals surface area contributed by atoms with E-state index in [9.17, 15) is 0 Å². The summed E-state index contributed by atoms with van der Waals surface area (Å²) in [7, 11) is 0. The Bertz CT molecular complexity index is 1200. The van der Waals surface area contributed by atoms with Crippen LogP contribution in [0.4, 0.5) is 0 Å². The fourth-order valence-corrected chi connectivity index (χ4v) is 4.98. The fourth-order valence-electron chi connectivity index (χ4n) is 4.98. The molecule has 6 rings (SSSR count). The molecule has 0 unspecified atom stereocenters. The second-order valence-corrected chi connectivity index (χ2v) is 7.82. The first-order valence-corrected chi connectivity index (χ1v) is 8.97. The molecule has 0 bridgehead atoms. The molecule has 0 fully saturated rings. The fraction of sp³-hybridized carbons (Fsp3) is 0.120. The van der Waals surface area contributed by atoms with Crippen LogP contribution in [-0.2, 0) is 5.41 Å². The molecule has 0 atom stereocenters. The van der Waals surface area contributed by atoms with Crippen molar-refractivity contribution in [3.05, 3.63) is 83.9 Å². The van der Waals surface area contributed by atoms with Crippen molar-refractivity contribution in [3.63, 3.8) is 0 Å². The average Bonchev–Trinajstić information content (AvgIpc) is 3.07. The average molecular weight is 318 g/mol. The molecule has 0 amide bonds. The molecular formula is C25H18. The topological polar surface area (TPSA) is 0 Å². The maximum atomic E-state index is 2.46. The molecule has 0 N–H and O–H groups in total. The summed E-state index contributed by atoms with van der Waals surface area (Å²) < 4.78 is 0. The van der Waals surface area contributed by atoms with Crippen LogP contribution < -0.4 is 0 Å². The molecule has 25 heavy (non-hydrogen) atoms. The van der Waals surface area contributed by atoms with Gasteiger partial charge in [0.25, 0.3) is 0 Å². The van der Waals surface area contributed by atoms with Crippen molar-refractivity contribution >= 4 is 10.8 Å². The first kappa shape index (κ1) is 13.4. The third-order valence-corrected chi connectivity index (χ3v) is 6.21. The molecule has 0 spiro atoms. The zero-order chi connectivity index (χ0) is 16.8. The maximum absolute atomic E-state index is 2.46. The van der Waals surface area contributed by atoms with Gasteiger partial charge in [-0.1, -0.05) is 74.5 Å². The Morgan fingerprint density at radius 1 is 0.520 bits per heavy atom. The van der Waals surface area contributed by atoms with E-state index in [1.165, 1.54) is 55.3 Å².